The normalized spacial score (nSPS) is 15.4. The third-order valence-electron chi connectivity index (χ3n) is 4.96. The van der Waals surface area contributed by atoms with Crippen LogP contribution in [0.4, 0.5) is 0 Å². The number of nitrogens with zero attached hydrogens (tertiary/aromatic N) is 2. The van der Waals surface area contributed by atoms with Crippen molar-refractivity contribution in [3.05, 3.63) is 48.3 Å². The Kier molecular flexibility index (Phi) is 9.85. The summed E-state index contributed by atoms with van der Waals surface area (Å²) in [4.78, 5) is 6.21. The van der Waals surface area contributed by atoms with Gasteiger partial charge in [-0.05, 0) is 42.8 Å². The lowest BCUT2D eigenvalue weighted by atomic mass is 10.2. The molecular weight excluding hydrogens is 398 g/mol. The monoisotopic (exact) mass is 431 g/mol. The second-order valence-electron chi connectivity index (χ2n) is 7.43. The fourth-order valence-corrected chi connectivity index (χ4v) is 3.31. The Hall–Kier alpha value is -2.39. The molecule has 1 atom stereocenters. The molecule has 0 saturated carbocycles. The second kappa shape index (κ2) is 13.1. The van der Waals surface area contributed by atoms with E-state index in [1.165, 1.54) is 0 Å². The lowest BCUT2D eigenvalue weighted by Gasteiger charge is -2.28. The van der Waals surface area contributed by atoms with Gasteiger partial charge in [0.05, 0.1) is 33.1 Å². The van der Waals surface area contributed by atoms with Gasteiger partial charge in [-0.1, -0.05) is 6.07 Å². The summed E-state index contributed by atoms with van der Waals surface area (Å²) in [5.74, 6) is 2.09. The first kappa shape index (κ1) is 23.3. The molecule has 0 amide bonds. The molecule has 3 rings (SSSR count). The van der Waals surface area contributed by atoms with E-state index in [1.807, 2.05) is 30.3 Å². The molecule has 31 heavy (non-hydrogen) atoms. The zero-order valence-corrected chi connectivity index (χ0v) is 18.2. The summed E-state index contributed by atoms with van der Waals surface area (Å²) < 4.78 is 22.3. The number of β-amino-alcohol motifs (C(OH)–C–C–N with tert-alkyl or cyclic N) is 1. The summed E-state index contributed by atoms with van der Waals surface area (Å²) in [7, 11) is 1.62. The van der Waals surface area contributed by atoms with E-state index in [0.717, 1.165) is 43.9 Å². The topological polar surface area (TPSA) is 85.3 Å². The van der Waals surface area contributed by atoms with Crippen molar-refractivity contribution in [3.63, 3.8) is 0 Å². The summed E-state index contributed by atoms with van der Waals surface area (Å²) in [5.41, 5.74) is 1.10. The van der Waals surface area contributed by atoms with Gasteiger partial charge in [-0.15, -0.1) is 0 Å². The van der Waals surface area contributed by atoms with Gasteiger partial charge in [0, 0.05) is 32.4 Å². The van der Waals surface area contributed by atoms with Crippen LogP contribution in [0.15, 0.2) is 42.7 Å². The first-order chi connectivity index (χ1) is 15.2. The molecule has 1 saturated heterocycles. The van der Waals surface area contributed by atoms with Gasteiger partial charge in [-0.3, -0.25) is 9.88 Å². The molecule has 1 aromatic carbocycles. The number of aliphatic hydroxyl groups excluding tert-OH is 1. The Balaban J connectivity index is 1.35. The van der Waals surface area contributed by atoms with E-state index in [1.54, 1.807) is 19.5 Å². The van der Waals surface area contributed by atoms with Gasteiger partial charge in [-0.25, -0.2) is 0 Å². The van der Waals surface area contributed by atoms with E-state index < -0.39 is 6.10 Å². The van der Waals surface area contributed by atoms with Crippen LogP contribution in [0.2, 0.25) is 0 Å². The van der Waals surface area contributed by atoms with Crippen LogP contribution in [0.25, 0.3) is 0 Å². The van der Waals surface area contributed by atoms with Gasteiger partial charge >= 0.3 is 0 Å². The molecule has 1 fully saturated rings. The minimum absolute atomic E-state index is 0.224. The Morgan fingerprint density at radius 2 is 2.06 bits per heavy atom. The highest BCUT2D eigenvalue weighted by Gasteiger charge is 2.16. The SMILES string of the molecule is COc1cc(CNCCCOc2cccnc2)ccc1OCC(O)CN1CCOCC1. The number of methoxy groups -OCH3 is 1. The second-order valence-corrected chi connectivity index (χ2v) is 7.43. The zero-order valence-electron chi connectivity index (χ0n) is 18.2. The van der Waals surface area contributed by atoms with Crippen molar-refractivity contribution in [2.75, 3.05) is 59.7 Å². The molecule has 1 aliphatic rings. The molecule has 1 aromatic heterocycles. The molecular formula is C23H33N3O5. The molecule has 8 heteroatoms. The van der Waals surface area contributed by atoms with Gasteiger partial charge in [0.25, 0.3) is 0 Å². The van der Waals surface area contributed by atoms with E-state index >= 15 is 0 Å². The number of hydrogen-bond acceptors (Lipinski definition) is 8. The lowest BCUT2D eigenvalue weighted by molar-refractivity contribution is 0.00445. The predicted octanol–water partition coefficient (Wildman–Crippen LogP) is 1.72. The summed E-state index contributed by atoms with van der Waals surface area (Å²) in [6.07, 6.45) is 3.78. The summed E-state index contributed by atoms with van der Waals surface area (Å²) in [6.45, 7) is 6.14. The predicted molar refractivity (Wildman–Crippen MR) is 118 cm³/mol. The minimum Gasteiger partial charge on any atom is -0.493 e. The van der Waals surface area contributed by atoms with Crippen LogP contribution < -0.4 is 19.5 Å². The smallest absolute Gasteiger partial charge is 0.161 e. The summed E-state index contributed by atoms with van der Waals surface area (Å²) >= 11 is 0. The van der Waals surface area contributed by atoms with Crippen LogP contribution in [0.3, 0.4) is 0 Å². The van der Waals surface area contributed by atoms with Crippen molar-refractivity contribution < 1.29 is 24.1 Å². The van der Waals surface area contributed by atoms with Crippen LogP contribution in [-0.4, -0.2) is 80.8 Å². The standard InChI is InChI=1S/C23H33N3O5/c1-28-23-14-19(15-24-8-3-11-30-21-4-2-7-25-16-21)5-6-22(23)31-18-20(27)17-26-9-12-29-13-10-26/h2,4-7,14,16,20,24,27H,3,8-13,15,17-18H2,1H3. The molecule has 2 heterocycles. The van der Waals surface area contributed by atoms with Crippen LogP contribution >= 0.6 is 0 Å². The van der Waals surface area contributed by atoms with Crippen LogP contribution in [0, 0.1) is 0 Å². The highest BCUT2D eigenvalue weighted by Crippen LogP contribution is 2.28. The molecule has 0 radical (unpaired) electrons. The highest BCUT2D eigenvalue weighted by atomic mass is 16.5. The van der Waals surface area contributed by atoms with E-state index in [0.29, 0.717) is 37.9 Å². The van der Waals surface area contributed by atoms with E-state index in [2.05, 4.69) is 15.2 Å². The number of aliphatic hydroxyl groups is 1. The molecule has 0 spiro atoms. The van der Waals surface area contributed by atoms with Crippen molar-refractivity contribution in [2.24, 2.45) is 0 Å². The van der Waals surface area contributed by atoms with E-state index in [9.17, 15) is 5.11 Å². The van der Waals surface area contributed by atoms with Crippen molar-refractivity contribution >= 4 is 0 Å². The van der Waals surface area contributed by atoms with Gasteiger partial charge in [0.1, 0.15) is 18.5 Å². The third kappa shape index (κ3) is 8.34. The summed E-state index contributed by atoms with van der Waals surface area (Å²) in [5, 5.41) is 13.7. The van der Waals surface area contributed by atoms with Gasteiger partial charge in [0.15, 0.2) is 11.5 Å². The highest BCUT2D eigenvalue weighted by molar-refractivity contribution is 5.43. The lowest BCUT2D eigenvalue weighted by Crippen LogP contribution is -2.42. The van der Waals surface area contributed by atoms with Gasteiger partial charge in [-0.2, -0.15) is 0 Å². The fraction of sp³-hybridized carbons (Fsp3) is 0.522. The Bertz CT molecular complexity index is 756. The van der Waals surface area contributed by atoms with Crippen LogP contribution in [0.5, 0.6) is 17.2 Å². The largest absolute Gasteiger partial charge is 0.493 e. The molecule has 1 unspecified atom stereocenters. The van der Waals surface area contributed by atoms with Crippen LogP contribution in [0.1, 0.15) is 12.0 Å². The van der Waals surface area contributed by atoms with Crippen molar-refractivity contribution in [1.29, 1.82) is 0 Å². The van der Waals surface area contributed by atoms with Crippen LogP contribution in [-0.2, 0) is 11.3 Å². The Morgan fingerprint density at radius 1 is 1.19 bits per heavy atom. The first-order valence-corrected chi connectivity index (χ1v) is 10.8. The van der Waals surface area contributed by atoms with Crippen molar-refractivity contribution in [2.45, 2.75) is 19.1 Å². The number of pyridine rings is 1. The van der Waals surface area contributed by atoms with E-state index in [4.69, 9.17) is 18.9 Å². The minimum atomic E-state index is -0.557. The maximum absolute atomic E-state index is 10.3. The summed E-state index contributed by atoms with van der Waals surface area (Å²) in [6, 6.07) is 9.62. The van der Waals surface area contributed by atoms with Gasteiger partial charge < -0.3 is 29.4 Å². The quantitative estimate of drug-likeness (QED) is 0.464. The molecule has 2 aromatic rings. The number of morpholine rings is 1. The molecule has 0 aliphatic carbocycles. The number of benzene rings is 1. The zero-order chi connectivity index (χ0) is 21.7. The number of ether oxygens (including phenoxy) is 4. The number of nitrogens with one attached hydrogen (secondary N) is 1. The Morgan fingerprint density at radius 3 is 2.84 bits per heavy atom. The fourth-order valence-electron chi connectivity index (χ4n) is 3.31. The van der Waals surface area contributed by atoms with Gasteiger partial charge in [0.2, 0.25) is 0 Å². The van der Waals surface area contributed by atoms with Crippen molar-refractivity contribution in [3.8, 4) is 17.2 Å². The first-order valence-electron chi connectivity index (χ1n) is 10.8. The average Bonchev–Trinajstić information content (AvgIpc) is 2.81. The molecule has 170 valence electrons. The number of hydrogen-bond donors (Lipinski definition) is 2. The number of aromatic nitrogens is 1. The maximum atomic E-state index is 10.3. The Labute approximate surface area is 184 Å². The number of rotatable bonds is 13. The third-order valence-corrected chi connectivity index (χ3v) is 4.96. The molecule has 8 nitrogen and oxygen atoms in total. The maximum Gasteiger partial charge on any atom is 0.161 e. The van der Waals surface area contributed by atoms with Crippen molar-refractivity contribution in [1.82, 2.24) is 15.2 Å². The molecule has 2 N–H and O–H groups in total. The molecule has 1 aliphatic heterocycles. The van der Waals surface area contributed by atoms with E-state index in [-0.39, 0.29) is 6.61 Å². The molecule has 0 bridgehead atoms. The average molecular weight is 432 g/mol.